The van der Waals surface area contributed by atoms with E-state index in [1.165, 1.54) is 0 Å². The fraction of sp³-hybridized carbons (Fsp3) is 0. The van der Waals surface area contributed by atoms with Crippen molar-refractivity contribution in [2.45, 2.75) is 0 Å². The number of rotatable bonds is 5. The summed E-state index contributed by atoms with van der Waals surface area (Å²) in [7, 11) is 0. The molecule has 0 unspecified atom stereocenters. The van der Waals surface area contributed by atoms with Crippen LogP contribution in [0.15, 0.2) is 211 Å². The molecule has 3 nitrogen and oxygen atoms in total. The molecule has 3 heterocycles. The molecule has 0 amide bonds. The normalized spacial score (nSPS) is 20.5. The van der Waals surface area contributed by atoms with E-state index >= 15 is 0 Å². The lowest BCUT2D eigenvalue weighted by molar-refractivity contribution is 1.13. The zero-order valence-corrected chi connectivity index (χ0v) is 28.3. The van der Waals surface area contributed by atoms with E-state index in [0.717, 1.165) is 4.57 Å². The maximum atomic E-state index is 10.1. The molecule has 0 atom stereocenters. The molecule has 0 bridgehead atoms. The summed E-state index contributed by atoms with van der Waals surface area (Å²) >= 11 is 0. The van der Waals surface area contributed by atoms with Crippen molar-refractivity contribution in [1.29, 1.82) is 0 Å². The Bertz CT molecular complexity index is 5420. The Morgan fingerprint density at radius 1 is 0.263 bits per heavy atom. The van der Waals surface area contributed by atoms with Crippen LogP contribution in [0.1, 0.15) is 48.0 Å². The minimum absolute atomic E-state index is 0.524. The highest BCUT2D eigenvalue weighted by molar-refractivity contribution is 6.16. The third-order valence-corrected chi connectivity index (χ3v) is 9.28. The van der Waals surface area contributed by atoms with Gasteiger partial charge in [-0.2, -0.15) is 0 Å². The van der Waals surface area contributed by atoms with Crippen LogP contribution in [0.2, 0.25) is 0 Å². The second-order valence-corrected chi connectivity index (χ2v) is 12.3. The Kier molecular flexibility index (Phi) is 2.78. The smallest absolute Gasteiger partial charge is 0.0782 e. The Labute approximate surface area is 378 Å². The molecule has 3 heteroatoms. The Morgan fingerprint density at radius 2 is 0.667 bits per heavy atom. The quantitative estimate of drug-likeness (QED) is 0.166. The standard InChI is InChI=1S/C54H35N3/c1-2-13-36(14-3-1)37-25-27-38(28-26-37)39-29-31-40(32-30-39)56-50-22-10-6-17-44(50)46-19-12-24-53(54(46)56)57-51-23-11-7-18-45(51)47-35-41(33-34-52(47)57)55-48-20-8-4-15-42(48)43-16-5-9-21-49(43)55/h1-35H/i1D,2D,3D,4D,5D,6D,7D,8D,9D,10D,11D,12D,13D,14D,15D,16D,17D,18D,19D,20D,21D,22D,23D,24D,25D,26D,27D,28D,29D,30D,31D,32D,33D,34D,35D. The summed E-state index contributed by atoms with van der Waals surface area (Å²) in [6.45, 7) is 0. The molecule has 57 heavy (non-hydrogen) atoms. The summed E-state index contributed by atoms with van der Waals surface area (Å²) in [5.74, 6) is 0. The zero-order valence-electron chi connectivity index (χ0n) is 63.3. The van der Waals surface area contributed by atoms with Crippen molar-refractivity contribution in [1.82, 2.24) is 13.7 Å². The first kappa shape index (κ1) is 12.7. The van der Waals surface area contributed by atoms with E-state index in [0.29, 0.717) is 9.13 Å². The molecule has 0 aliphatic carbocycles. The second kappa shape index (κ2) is 12.5. The third kappa shape index (κ3) is 4.79. The second-order valence-electron chi connectivity index (χ2n) is 12.3. The van der Waals surface area contributed by atoms with E-state index < -0.39 is 316 Å². The van der Waals surface area contributed by atoms with Crippen LogP contribution in [0.5, 0.6) is 0 Å². The molecule has 12 rings (SSSR count). The Morgan fingerprint density at radius 3 is 1.26 bits per heavy atom. The van der Waals surface area contributed by atoms with E-state index in [9.17, 15) is 19.2 Å². The van der Waals surface area contributed by atoms with Crippen molar-refractivity contribution in [3.05, 3.63) is 211 Å². The fourth-order valence-electron chi connectivity index (χ4n) is 6.90. The largest absolute Gasteiger partial charge is 0.309 e. The van der Waals surface area contributed by atoms with Crippen LogP contribution in [0.4, 0.5) is 0 Å². The number of hydrogen-bond acceptors (Lipinski definition) is 0. The van der Waals surface area contributed by atoms with Crippen molar-refractivity contribution in [3.63, 3.8) is 0 Å². The summed E-state index contributed by atoms with van der Waals surface area (Å²) < 4.78 is 321. The van der Waals surface area contributed by atoms with E-state index in [1.54, 1.807) is 0 Å². The average Bonchev–Trinajstić information content (AvgIpc) is 1.49. The number of hydrogen-bond donors (Lipinski definition) is 0. The molecule has 0 aliphatic rings. The van der Waals surface area contributed by atoms with Crippen molar-refractivity contribution in [2.75, 3.05) is 0 Å². The topological polar surface area (TPSA) is 14.8 Å². The highest BCUT2D eigenvalue weighted by atomic mass is 15.1. The average molecular weight is 761 g/mol. The molecule has 12 aromatic rings. The van der Waals surface area contributed by atoms with Crippen LogP contribution in [0.25, 0.3) is 105 Å². The van der Waals surface area contributed by atoms with Crippen molar-refractivity contribution >= 4 is 65.4 Å². The number of benzene rings is 9. The maximum absolute atomic E-state index is 10.1. The monoisotopic (exact) mass is 761 g/mol. The van der Waals surface area contributed by atoms with Gasteiger partial charge in [-0.25, -0.2) is 0 Å². The van der Waals surface area contributed by atoms with Gasteiger partial charge in [-0.1, -0.05) is 151 Å². The minimum Gasteiger partial charge on any atom is -0.309 e. The number of nitrogens with zero attached hydrogens (tertiary/aromatic N) is 3. The van der Waals surface area contributed by atoms with Crippen molar-refractivity contribution in [3.8, 4) is 39.3 Å². The van der Waals surface area contributed by atoms with Gasteiger partial charge in [0, 0.05) is 43.7 Å². The van der Waals surface area contributed by atoms with E-state index in [1.807, 2.05) is 0 Å². The van der Waals surface area contributed by atoms with E-state index in [4.69, 9.17) is 28.8 Å². The van der Waals surface area contributed by atoms with Crippen molar-refractivity contribution < 1.29 is 48.0 Å². The van der Waals surface area contributed by atoms with E-state index in [2.05, 4.69) is 0 Å². The van der Waals surface area contributed by atoms with Gasteiger partial charge < -0.3 is 13.7 Å². The van der Waals surface area contributed by atoms with Crippen LogP contribution in [-0.4, -0.2) is 13.7 Å². The van der Waals surface area contributed by atoms with E-state index in [-0.39, 0.29) is 0 Å². The van der Waals surface area contributed by atoms with Gasteiger partial charge in [-0.15, -0.1) is 0 Å². The van der Waals surface area contributed by atoms with Crippen LogP contribution in [0, 0.1) is 0 Å². The van der Waals surface area contributed by atoms with Gasteiger partial charge in [-0.3, -0.25) is 0 Å². The van der Waals surface area contributed by atoms with Gasteiger partial charge >= 0.3 is 0 Å². The van der Waals surface area contributed by atoms with Crippen LogP contribution in [0.3, 0.4) is 0 Å². The maximum Gasteiger partial charge on any atom is 0.0782 e. The summed E-state index contributed by atoms with van der Waals surface area (Å²) in [6.07, 6.45) is 0. The van der Waals surface area contributed by atoms with Gasteiger partial charge in [0.15, 0.2) is 0 Å². The van der Waals surface area contributed by atoms with Gasteiger partial charge in [0.1, 0.15) is 0 Å². The SMILES string of the molecule is [2H]c1c([2H])c([2H])c(-c2c([2H])c([2H])c(-c3c([2H])c([2H])c(-n4c5c([2H])c([2H])c([2H])c([2H])c5c5c([2H])c([2H])c([2H])c(-n6c7c([2H])c([2H])c([2H])c([2H])c7c7c([2H])c(-n8c9c([2H])c([2H])c([2H])c([2H])c9c9c([2H])c([2H])c([2H])c([2H])c98)c([2H])c([2H])c76)c54)c([2H])c3[2H])c([2H])c2[2H])c([2H])c1[2H]. The number of aromatic nitrogens is 3. The summed E-state index contributed by atoms with van der Waals surface area (Å²) in [4.78, 5) is 0. The Hall–Kier alpha value is -7.62. The predicted octanol–water partition coefficient (Wildman–Crippen LogP) is 14.3. The molecule has 0 radical (unpaired) electrons. The lowest BCUT2D eigenvalue weighted by atomic mass is 10.0. The van der Waals surface area contributed by atoms with Gasteiger partial charge in [0.05, 0.1) is 86.8 Å². The highest BCUT2D eigenvalue weighted by Gasteiger charge is 2.21. The lowest BCUT2D eigenvalue weighted by Gasteiger charge is -2.15. The zero-order chi connectivity index (χ0) is 67.9. The first-order valence-corrected chi connectivity index (χ1v) is 16.8. The molecule has 266 valence electrons. The molecule has 0 spiro atoms. The van der Waals surface area contributed by atoms with Crippen LogP contribution < -0.4 is 0 Å². The number of fused-ring (bicyclic) bond motifs is 9. The molecule has 0 saturated heterocycles. The minimum atomic E-state index is -1.23. The molecule has 0 aliphatic heterocycles. The predicted molar refractivity (Wildman–Crippen MR) is 240 cm³/mol. The summed E-state index contributed by atoms with van der Waals surface area (Å²) in [5.41, 5.74) is -10.8. The van der Waals surface area contributed by atoms with Gasteiger partial charge in [0.25, 0.3) is 0 Å². The van der Waals surface area contributed by atoms with Gasteiger partial charge in [-0.05, 0) is 82.7 Å². The van der Waals surface area contributed by atoms with Crippen LogP contribution in [-0.2, 0) is 0 Å². The molecular weight excluding hydrogens is 691 g/mol. The Balaban J connectivity index is 1.29. The summed E-state index contributed by atoms with van der Waals surface area (Å²) in [6, 6.07) is -35.4. The summed E-state index contributed by atoms with van der Waals surface area (Å²) in [5, 5.41) is -3.95. The van der Waals surface area contributed by atoms with Gasteiger partial charge in [0.2, 0.25) is 0 Å². The third-order valence-electron chi connectivity index (χ3n) is 9.28. The first-order chi connectivity index (χ1) is 42.9. The molecule has 0 N–H and O–H groups in total. The first-order valence-electron chi connectivity index (χ1n) is 34.3. The molecule has 9 aromatic carbocycles. The molecule has 3 aromatic heterocycles. The van der Waals surface area contributed by atoms with Crippen molar-refractivity contribution in [2.24, 2.45) is 0 Å². The molecule has 0 fully saturated rings. The fourth-order valence-corrected chi connectivity index (χ4v) is 6.90. The highest BCUT2D eigenvalue weighted by Crippen LogP contribution is 2.41. The van der Waals surface area contributed by atoms with Crippen LogP contribution >= 0.6 is 0 Å². The molecular formula is C54H35N3. The lowest BCUT2D eigenvalue weighted by Crippen LogP contribution is -2.01. The molecule has 0 saturated carbocycles. The number of para-hydroxylation sites is 5.